The Hall–Kier alpha value is -2.63. The fourth-order valence-corrected chi connectivity index (χ4v) is 1.59. The second kappa shape index (κ2) is 5.34. The van der Waals surface area contributed by atoms with E-state index in [-0.39, 0.29) is 5.69 Å². The highest BCUT2D eigenvalue weighted by molar-refractivity contribution is 5.88. The van der Waals surface area contributed by atoms with Crippen molar-refractivity contribution in [3.63, 3.8) is 0 Å². The molecule has 0 spiro atoms. The molecule has 98 valence electrons. The van der Waals surface area contributed by atoms with Gasteiger partial charge in [0.15, 0.2) is 0 Å². The zero-order valence-corrected chi connectivity index (χ0v) is 10.2. The molecule has 1 aromatic heterocycles. The minimum Gasteiger partial charge on any atom is -0.463 e. The molecule has 0 aliphatic carbocycles. The molecule has 0 atom stereocenters. The van der Waals surface area contributed by atoms with Crippen LogP contribution >= 0.6 is 0 Å². The molecule has 0 amide bonds. The Kier molecular flexibility index (Phi) is 3.61. The van der Waals surface area contributed by atoms with Gasteiger partial charge in [-0.25, -0.2) is 4.79 Å². The highest BCUT2D eigenvalue weighted by atomic mass is 16.6. The molecule has 0 aliphatic heterocycles. The molecule has 6 nitrogen and oxygen atoms in total. The number of carbonyl (C=O) groups excluding carboxylic acids is 1. The van der Waals surface area contributed by atoms with Crippen molar-refractivity contribution >= 4 is 28.7 Å². The van der Waals surface area contributed by atoms with Gasteiger partial charge in [-0.1, -0.05) is 0 Å². The van der Waals surface area contributed by atoms with Crippen LogP contribution < -0.4 is 0 Å². The molecule has 6 heteroatoms. The predicted molar refractivity (Wildman–Crippen MR) is 68.5 cm³/mol. The van der Waals surface area contributed by atoms with E-state index in [1.54, 1.807) is 13.0 Å². The first-order chi connectivity index (χ1) is 9.10. The molecule has 1 heterocycles. The number of esters is 1. The van der Waals surface area contributed by atoms with Crippen LogP contribution in [0.4, 0.5) is 5.69 Å². The third-order valence-electron chi connectivity index (χ3n) is 2.40. The fraction of sp³-hybridized carbons (Fsp3) is 0.154. The summed E-state index contributed by atoms with van der Waals surface area (Å²) in [4.78, 5) is 21.3. The van der Waals surface area contributed by atoms with Gasteiger partial charge in [-0.3, -0.25) is 10.1 Å². The predicted octanol–water partition coefficient (Wildman–Crippen LogP) is 2.92. The zero-order chi connectivity index (χ0) is 13.8. The van der Waals surface area contributed by atoms with Crippen molar-refractivity contribution in [1.29, 1.82) is 0 Å². The van der Waals surface area contributed by atoms with Gasteiger partial charge in [-0.15, -0.1) is 0 Å². The number of nitrogens with zero attached hydrogens (tertiary/aromatic N) is 1. The maximum atomic E-state index is 11.1. The maximum Gasteiger partial charge on any atom is 0.330 e. The number of rotatable bonds is 4. The van der Waals surface area contributed by atoms with E-state index in [4.69, 9.17) is 9.15 Å². The summed E-state index contributed by atoms with van der Waals surface area (Å²) in [6.45, 7) is 2.02. The molecule has 2 rings (SSSR count). The first-order valence-corrected chi connectivity index (χ1v) is 5.63. The summed E-state index contributed by atoms with van der Waals surface area (Å²) in [5.41, 5.74) is 0.517. The second-order valence-electron chi connectivity index (χ2n) is 3.71. The third-order valence-corrected chi connectivity index (χ3v) is 2.40. The lowest BCUT2D eigenvalue weighted by Gasteiger charge is -1.93. The maximum absolute atomic E-state index is 11.1. The van der Waals surface area contributed by atoms with Crippen LogP contribution in [-0.2, 0) is 9.53 Å². The number of carbonyl (C=O) groups is 1. The molecule has 19 heavy (non-hydrogen) atoms. The van der Waals surface area contributed by atoms with E-state index in [0.717, 1.165) is 0 Å². The fourth-order valence-electron chi connectivity index (χ4n) is 1.59. The first-order valence-electron chi connectivity index (χ1n) is 5.63. The van der Waals surface area contributed by atoms with E-state index in [0.29, 0.717) is 23.3 Å². The number of ether oxygens (including phenoxy) is 1. The lowest BCUT2D eigenvalue weighted by molar-refractivity contribution is -0.384. The van der Waals surface area contributed by atoms with Gasteiger partial charge in [-0.2, -0.15) is 0 Å². The lowest BCUT2D eigenvalue weighted by Crippen LogP contribution is -1.98. The minimum absolute atomic E-state index is 0.00535. The molecule has 2 aromatic rings. The Morgan fingerprint density at radius 1 is 1.47 bits per heavy atom. The van der Waals surface area contributed by atoms with E-state index < -0.39 is 10.9 Å². The average Bonchev–Trinajstić information content (AvgIpc) is 2.78. The van der Waals surface area contributed by atoms with Gasteiger partial charge in [0.2, 0.25) is 0 Å². The molecule has 0 saturated heterocycles. The summed E-state index contributed by atoms with van der Waals surface area (Å²) in [6, 6.07) is 5.93. The van der Waals surface area contributed by atoms with Crippen LogP contribution in [0.3, 0.4) is 0 Å². The number of non-ortho nitro benzene ring substituents is 1. The molecule has 0 unspecified atom stereocenters. The molecule has 0 fully saturated rings. The Morgan fingerprint density at radius 2 is 2.26 bits per heavy atom. The first kappa shape index (κ1) is 12.8. The van der Waals surface area contributed by atoms with Crippen LogP contribution in [0.1, 0.15) is 12.7 Å². The number of fused-ring (bicyclic) bond motifs is 1. The average molecular weight is 261 g/mol. The SMILES string of the molecule is CCOC(=O)/C=C/c1cc2cc([N+](=O)[O-])ccc2o1. The van der Waals surface area contributed by atoms with Crippen molar-refractivity contribution in [1.82, 2.24) is 0 Å². The van der Waals surface area contributed by atoms with Gasteiger partial charge in [-0.05, 0) is 25.1 Å². The normalized spacial score (nSPS) is 11.0. The quantitative estimate of drug-likeness (QED) is 0.365. The van der Waals surface area contributed by atoms with Crippen LogP contribution in [-0.4, -0.2) is 17.5 Å². The number of benzene rings is 1. The van der Waals surface area contributed by atoms with Crippen LogP contribution in [0.5, 0.6) is 0 Å². The second-order valence-corrected chi connectivity index (χ2v) is 3.71. The molecule has 0 aliphatic rings. The Balaban J connectivity index is 2.26. The van der Waals surface area contributed by atoms with E-state index in [2.05, 4.69) is 0 Å². The minimum atomic E-state index is -0.472. The van der Waals surface area contributed by atoms with Gasteiger partial charge < -0.3 is 9.15 Å². The summed E-state index contributed by atoms with van der Waals surface area (Å²) in [5.74, 6) is -0.0301. The van der Waals surface area contributed by atoms with Gasteiger partial charge in [0.05, 0.1) is 11.5 Å². The Bertz CT molecular complexity index is 656. The standard InChI is InChI=1S/C13H11NO5/c1-2-18-13(15)6-4-11-8-9-7-10(14(16)17)3-5-12(9)19-11/h3-8H,2H2,1H3/b6-4+. The molecule has 0 radical (unpaired) electrons. The van der Waals surface area contributed by atoms with Gasteiger partial charge in [0.25, 0.3) is 5.69 Å². The topological polar surface area (TPSA) is 82.6 Å². The summed E-state index contributed by atoms with van der Waals surface area (Å²) >= 11 is 0. The molecular weight excluding hydrogens is 250 g/mol. The monoisotopic (exact) mass is 261 g/mol. The van der Waals surface area contributed by atoms with Crippen molar-refractivity contribution in [2.75, 3.05) is 6.61 Å². The molecule has 1 aromatic carbocycles. The number of hydrogen-bond acceptors (Lipinski definition) is 5. The Morgan fingerprint density at radius 3 is 2.95 bits per heavy atom. The van der Waals surface area contributed by atoms with E-state index in [9.17, 15) is 14.9 Å². The largest absolute Gasteiger partial charge is 0.463 e. The summed E-state index contributed by atoms with van der Waals surface area (Å²) < 4.78 is 10.1. The smallest absolute Gasteiger partial charge is 0.330 e. The lowest BCUT2D eigenvalue weighted by atomic mass is 10.2. The zero-order valence-electron chi connectivity index (χ0n) is 10.2. The van der Waals surface area contributed by atoms with Gasteiger partial charge in [0.1, 0.15) is 11.3 Å². The van der Waals surface area contributed by atoms with Gasteiger partial charge in [0, 0.05) is 23.6 Å². The van der Waals surface area contributed by atoms with Gasteiger partial charge >= 0.3 is 5.97 Å². The summed E-state index contributed by atoms with van der Waals surface area (Å²) in [6.07, 6.45) is 2.71. The molecule has 0 bridgehead atoms. The third kappa shape index (κ3) is 2.98. The van der Waals surface area contributed by atoms with E-state index >= 15 is 0 Å². The molecular formula is C13H11NO5. The number of nitro benzene ring substituents is 1. The number of nitro groups is 1. The summed E-state index contributed by atoms with van der Waals surface area (Å²) in [7, 11) is 0. The van der Waals surface area contributed by atoms with Crippen LogP contribution in [0.15, 0.2) is 34.8 Å². The van der Waals surface area contributed by atoms with Crippen molar-refractivity contribution in [2.45, 2.75) is 6.92 Å². The van der Waals surface area contributed by atoms with Crippen molar-refractivity contribution < 1.29 is 18.9 Å². The molecule has 0 N–H and O–H groups in total. The highest BCUT2D eigenvalue weighted by Gasteiger charge is 2.09. The summed E-state index contributed by atoms with van der Waals surface area (Å²) in [5, 5.41) is 11.2. The number of hydrogen-bond donors (Lipinski definition) is 0. The van der Waals surface area contributed by atoms with Crippen LogP contribution in [0.2, 0.25) is 0 Å². The molecule has 0 saturated carbocycles. The highest BCUT2D eigenvalue weighted by Crippen LogP contribution is 2.24. The Labute approximate surface area is 108 Å². The van der Waals surface area contributed by atoms with E-state index in [1.165, 1.54) is 30.4 Å². The van der Waals surface area contributed by atoms with E-state index in [1.807, 2.05) is 0 Å². The van der Waals surface area contributed by atoms with Crippen molar-refractivity contribution in [2.24, 2.45) is 0 Å². The van der Waals surface area contributed by atoms with Crippen LogP contribution in [0.25, 0.3) is 17.0 Å². The van der Waals surface area contributed by atoms with Crippen molar-refractivity contribution in [3.8, 4) is 0 Å². The van der Waals surface area contributed by atoms with Crippen LogP contribution in [0, 0.1) is 10.1 Å². The number of furan rings is 1. The van der Waals surface area contributed by atoms with Crippen molar-refractivity contribution in [3.05, 3.63) is 46.2 Å².